The van der Waals surface area contributed by atoms with E-state index in [4.69, 9.17) is 9.11 Å². The van der Waals surface area contributed by atoms with Gasteiger partial charge < -0.3 is 4.90 Å². The van der Waals surface area contributed by atoms with Gasteiger partial charge in [0.2, 0.25) is 0 Å². The number of nitrogens with zero attached hydrogens (tertiary/aromatic N) is 1. The Morgan fingerprint density at radius 1 is 0.714 bits per heavy atom. The van der Waals surface area contributed by atoms with Crippen LogP contribution in [-0.2, 0) is 20.2 Å². The summed E-state index contributed by atoms with van der Waals surface area (Å²) in [5.41, 5.74) is 0. The number of rotatable bonds is 13. The molecule has 0 bridgehead atoms. The topological polar surface area (TPSA) is 112 Å². The molecule has 0 aromatic carbocycles. The van der Waals surface area contributed by atoms with Crippen molar-refractivity contribution in [3.63, 3.8) is 0 Å². The van der Waals surface area contributed by atoms with Crippen LogP contribution in [0.1, 0.15) is 45.4 Å². The molecule has 0 rings (SSSR count). The van der Waals surface area contributed by atoms with E-state index in [0.717, 1.165) is 32.1 Å². The van der Waals surface area contributed by atoms with E-state index in [-0.39, 0.29) is 13.1 Å². The normalized spacial score (nSPS) is 13.0. The van der Waals surface area contributed by atoms with Gasteiger partial charge in [-0.05, 0) is 13.0 Å². The van der Waals surface area contributed by atoms with Gasteiger partial charge in [-0.2, -0.15) is 16.8 Å². The third kappa shape index (κ3) is 16.0. The van der Waals surface area contributed by atoms with Gasteiger partial charge in [-0.3, -0.25) is 9.11 Å². The van der Waals surface area contributed by atoms with Crippen molar-refractivity contribution in [2.24, 2.45) is 0 Å². The van der Waals surface area contributed by atoms with Crippen molar-refractivity contribution in [3.05, 3.63) is 0 Å². The molecule has 0 aliphatic heterocycles. The fourth-order valence-corrected chi connectivity index (χ4v) is 2.92. The molecular formula is C12H27NO6S2. The van der Waals surface area contributed by atoms with Crippen molar-refractivity contribution in [1.29, 1.82) is 0 Å². The van der Waals surface area contributed by atoms with Crippen molar-refractivity contribution >= 4 is 20.2 Å². The van der Waals surface area contributed by atoms with Gasteiger partial charge in [0.05, 0.1) is 11.5 Å². The van der Waals surface area contributed by atoms with Gasteiger partial charge in [0.25, 0.3) is 20.2 Å². The summed E-state index contributed by atoms with van der Waals surface area (Å²) in [7, 11) is -8.14. The first-order valence-electron chi connectivity index (χ1n) is 7.26. The Kier molecular flexibility index (Phi) is 10.4. The predicted molar refractivity (Wildman–Crippen MR) is 82.6 cm³/mol. The number of hydrogen-bond donors (Lipinski definition) is 2. The Hall–Kier alpha value is -0.220. The van der Waals surface area contributed by atoms with Crippen LogP contribution in [0.4, 0.5) is 0 Å². The molecule has 21 heavy (non-hydrogen) atoms. The molecular weight excluding hydrogens is 318 g/mol. The average molecular weight is 345 g/mol. The van der Waals surface area contributed by atoms with Gasteiger partial charge in [0, 0.05) is 13.1 Å². The maximum atomic E-state index is 10.7. The number of unbranched alkanes of at least 4 members (excludes halogenated alkanes) is 5. The molecule has 7 nitrogen and oxygen atoms in total. The first kappa shape index (κ1) is 20.8. The zero-order valence-corrected chi connectivity index (χ0v) is 14.2. The first-order valence-corrected chi connectivity index (χ1v) is 10.5. The van der Waals surface area contributed by atoms with Crippen LogP contribution in [0.5, 0.6) is 0 Å². The van der Waals surface area contributed by atoms with Crippen LogP contribution in [0.2, 0.25) is 0 Å². The van der Waals surface area contributed by atoms with Crippen molar-refractivity contribution < 1.29 is 25.9 Å². The molecule has 0 aromatic rings. The zero-order valence-electron chi connectivity index (χ0n) is 12.6. The number of hydrogen-bond acceptors (Lipinski definition) is 5. The summed E-state index contributed by atoms with van der Waals surface area (Å²) < 4.78 is 60.5. The molecule has 0 heterocycles. The SMILES string of the molecule is CCCCCCCCN(CCS(=O)(=O)O)CCS(=O)(=O)O. The molecule has 9 heteroatoms. The molecule has 0 spiro atoms. The molecule has 0 radical (unpaired) electrons. The molecule has 0 aliphatic carbocycles. The van der Waals surface area contributed by atoms with E-state index in [9.17, 15) is 16.8 Å². The highest BCUT2D eigenvalue weighted by Crippen LogP contribution is 2.06. The lowest BCUT2D eigenvalue weighted by molar-refractivity contribution is 0.292. The molecule has 2 N–H and O–H groups in total. The van der Waals surface area contributed by atoms with E-state index in [1.54, 1.807) is 4.90 Å². The third-order valence-electron chi connectivity index (χ3n) is 3.16. The Morgan fingerprint density at radius 2 is 1.14 bits per heavy atom. The van der Waals surface area contributed by atoms with Crippen LogP contribution in [-0.4, -0.2) is 62.0 Å². The summed E-state index contributed by atoms with van der Waals surface area (Å²) in [6.45, 7) is 2.80. The minimum Gasteiger partial charge on any atom is -0.301 e. The Balaban J connectivity index is 4.12. The van der Waals surface area contributed by atoms with Gasteiger partial charge in [0.1, 0.15) is 0 Å². The van der Waals surface area contributed by atoms with E-state index < -0.39 is 31.7 Å². The smallest absolute Gasteiger partial charge is 0.266 e. The fraction of sp³-hybridized carbons (Fsp3) is 1.00. The molecule has 0 amide bonds. The van der Waals surface area contributed by atoms with E-state index in [2.05, 4.69) is 6.92 Å². The lowest BCUT2D eigenvalue weighted by atomic mass is 10.1. The van der Waals surface area contributed by atoms with Crippen molar-refractivity contribution in [2.75, 3.05) is 31.1 Å². The Morgan fingerprint density at radius 3 is 1.57 bits per heavy atom. The van der Waals surface area contributed by atoms with E-state index in [1.807, 2.05) is 0 Å². The highest BCUT2D eigenvalue weighted by molar-refractivity contribution is 7.86. The van der Waals surface area contributed by atoms with Gasteiger partial charge in [-0.25, -0.2) is 0 Å². The Labute approximate surface area is 128 Å². The molecule has 0 fully saturated rings. The maximum absolute atomic E-state index is 10.7. The molecule has 0 unspecified atom stereocenters. The summed E-state index contributed by atoms with van der Waals surface area (Å²) >= 11 is 0. The van der Waals surface area contributed by atoms with Crippen LogP contribution < -0.4 is 0 Å². The molecule has 0 saturated carbocycles. The lowest BCUT2D eigenvalue weighted by Gasteiger charge is -2.20. The van der Waals surface area contributed by atoms with Gasteiger partial charge in [0.15, 0.2) is 0 Å². The monoisotopic (exact) mass is 345 g/mol. The fourth-order valence-electron chi connectivity index (χ4n) is 1.94. The standard InChI is InChI=1S/C12H27NO6S2/c1-2-3-4-5-6-7-8-13(9-11-20(14,15)16)10-12-21(17,18)19/h2-12H2,1H3,(H,14,15,16)(H,17,18,19). The largest absolute Gasteiger partial charge is 0.301 e. The minimum absolute atomic E-state index is 0.0588. The second kappa shape index (κ2) is 10.5. The summed E-state index contributed by atoms with van der Waals surface area (Å²) in [6, 6.07) is 0. The highest BCUT2D eigenvalue weighted by atomic mass is 32.2. The lowest BCUT2D eigenvalue weighted by Crippen LogP contribution is -2.34. The van der Waals surface area contributed by atoms with Crippen molar-refractivity contribution in [1.82, 2.24) is 4.90 Å². The predicted octanol–water partition coefficient (Wildman–Crippen LogP) is 1.42. The summed E-state index contributed by atoms with van der Waals surface area (Å²) in [5, 5.41) is 0. The van der Waals surface area contributed by atoms with Crippen LogP contribution in [0, 0.1) is 0 Å². The van der Waals surface area contributed by atoms with Gasteiger partial charge >= 0.3 is 0 Å². The average Bonchev–Trinajstić information content (AvgIpc) is 2.33. The summed E-state index contributed by atoms with van der Waals surface area (Å²) in [4.78, 5) is 1.64. The summed E-state index contributed by atoms with van der Waals surface area (Å²) in [5.74, 6) is -0.872. The quantitative estimate of drug-likeness (QED) is 0.383. The summed E-state index contributed by atoms with van der Waals surface area (Å²) in [6.07, 6.45) is 6.43. The Bertz CT molecular complexity index is 424. The molecule has 0 saturated heterocycles. The molecule has 128 valence electrons. The highest BCUT2D eigenvalue weighted by Gasteiger charge is 2.13. The van der Waals surface area contributed by atoms with E-state index in [0.29, 0.717) is 6.54 Å². The maximum Gasteiger partial charge on any atom is 0.266 e. The second-order valence-corrected chi connectivity index (χ2v) is 8.33. The molecule has 0 atom stereocenters. The van der Waals surface area contributed by atoms with E-state index in [1.165, 1.54) is 6.42 Å². The van der Waals surface area contributed by atoms with Crippen molar-refractivity contribution in [2.45, 2.75) is 45.4 Å². The first-order chi connectivity index (χ1) is 9.64. The third-order valence-corrected chi connectivity index (χ3v) is 4.56. The van der Waals surface area contributed by atoms with Gasteiger partial charge in [-0.1, -0.05) is 39.0 Å². The van der Waals surface area contributed by atoms with Crippen LogP contribution in [0.15, 0.2) is 0 Å². The van der Waals surface area contributed by atoms with Gasteiger partial charge in [-0.15, -0.1) is 0 Å². The minimum atomic E-state index is -4.07. The van der Waals surface area contributed by atoms with Crippen LogP contribution in [0.3, 0.4) is 0 Å². The zero-order chi connectivity index (χ0) is 16.4. The van der Waals surface area contributed by atoms with Crippen LogP contribution >= 0.6 is 0 Å². The molecule has 0 aromatic heterocycles. The van der Waals surface area contributed by atoms with Crippen LogP contribution in [0.25, 0.3) is 0 Å². The second-order valence-electron chi connectivity index (χ2n) is 5.18. The van der Waals surface area contributed by atoms with E-state index >= 15 is 0 Å². The molecule has 0 aliphatic rings. The van der Waals surface area contributed by atoms with Crippen molar-refractivity contribution in [3.8, 4) is 0 Å².